The van der Waals surface area contributed by atoms with Gasteiger partial charge in [-0.25, -0.2) is 4.79 Å². The van der Waals surface area contributed by atoms with Crippen LogP contribution in [0, 0.1) is 0 Å². The zero-order valence-corrected chi connectivity index (χ0v) is 17.4. The highest BCUT2D eigenvalue weighted by Crippen LogP contribution is 2.27. The van der Waals surface area contributed by atoms with Crippen LogP contribution in [0.1, 0.15) is 71.2 Å². The third-order valence-corrected chi connectivity index (χ3v) is 3.93. The van der Waals surface area contributed by atoms with Crippen molar-refractivity contribution in [1.29, 1.82) is 0 Å². The minimum atomic E-state index is -0.915. The van der Waals surface area contributed by atoms with Gasteiger partial charge in [-0.1, -0.05) is 20.3 Å². The van der Waals surface area contributed by atoms with Crippen LogP contribution in [0.25, 0.3) is 0 Å². The van der Waals surface area contributed by atoms with Gasteiger partial charge < -0.3 is 19.5 Å². The van der Waals surface area contributed by atoms with Crippen LogP contribution in [0.5, 0.6) is 5.75 Å². The maximum Gasteiger partial charge on any atom is 0.341 e. The maximum absolute atomic E-state index is 12.8. The van der Waals surface area contributed by atoms with Crippen molar-refractivity contribution in [2.24, 2.45) is 0 Å². The Balaban J connectivity index is 3.09. The highest BCUT2D eigenvalue weighted by molar-refractivity contribution is 5.99. The fraction of sp³-hybridized carbons (Fsp3) is 0.619. The van der Waals surface area contributed by atoms with Crippen LogP contribution in [-0.4, -0.2) is 36.8 Å². The van der Waals surface area contributed by atoms with E-state index in [2.05, 4.69) is 5.32 Å². The van der Waals surface area contributed by atoms with E-state index in [1.54, 1.807) is 32.0 Å². The van der Waals surface area contributed by atoms with Gasteiger partial charge in [0, 0.05) is 12.3 Å². The SMILES string of the molecule is CCCO[C@](C)(CCC)C(=O)Nc1ccc(OC(C)C)c(C(=O)OCC)c1. The Hall–Kier alpha value is -2.08. The largest absolute Gasteiger partial charge is 0.490 e. The molecule has 0 heterocycles. The number of nitrogens with one attached hydrogen (secondary N) is 1. The molecule has 0 aromatic heterocycles. The van der Waals surface area contributed by atoms with Crippen LogP contribution in [-0.2, 0) is 14.3 Å². The fourth-order valence-corrected chi connectivity index (χ4v) is 2.65. The zero-order chi connectivity index (χ0) is 20.4. The molecule has 1 aromatic carbocycles. The Labute approximate surface area is 162 Å². The Bertz CT molecular complexity index is 629. The molecule has 0 unspecified atom stereocenters. The first-order chi connectivity index (χ1) is 12.8. The summed E-state index contributed by atoms with van der Waals surface area (Å²) >= 11 is 0. The number of carbonyl (C=O) groups is 2. The lowest BCUT2D eigenvalue weighted by Gasteiger charge is -2.28. The van der Waals surface area contributed by atoms with E-state index in [-0.39, 0.29) is 24.2 Å². The van der Waals surface area contributed by atoms with Crippen molar-refractivity contribution in [3.05, 3.63) is 23.8 Å². The van der Waals surface area contributed by atoms with Crippen molar-refractivity contribution in [2.75, 3.05) is 18.5 Å². The van der Waals surface area contributed by atoms with Gasteiger partial charge in [-0.3, -0.25) is 4.79 Å². The minimum absolute atomic E-state index is 0.0890. The average Bonchev–Trinajstić information content (AvgIpc) is 2.61. The van der Waals surface area contributed by atoms with E-state index >= 15 is 0 Å². The summed E-state index contributed by atoms with van der Waals surface area (Å²) in [4.78, 5) is 25.1. The van der Waals surface area contributed by atoms with Crippen LogP contribution < -0.4 is 10.1 Å². The second kappa shape index (κ2) is 10.9. The van der Waals surface area contributed by atoms with Crippen molar-refractivity contribution < 1.29 is 23.8 Å². The number of anilines is 1. The standard InChI is InChI=1S/C21H33NO5/c1-7-12-21(6,26-13-8-2)20(24)22-16-10-11-18(27-15(4)5)17(14-16)19(23)25-9-3/h10-11,14-15H,7-9,12-13H2,1-6H3,(H,22,24)/t21-/m1/s1. The lowest BCUT2D eigenvalue weighted by atomic mass is 9.98. The monoisotopic (exact) mass is 379 g/mol. The van der Waals surface area contributed by atoms with Crippen molar-refractivity contribution in [2.45, 2.75) is 72.5 Å². The second-order valence-electron chi connectivity index (χ2n) is 6.88. The Kier molecular flexibility index (Phi) is 9.29. The number of amides is 1. The van der Waals surface area contributed by atoms with Gasteiger partial charge in [0.25, 0.3) is 5.91 Å². The van der Waals surface area contributed by atoms with E-state index in [1.807, 2.05) is 27.7 Å². The van der Waals surface area contributed by atoms with Crippen molar-refractivity contribution in [3.63, 3.8) is 0 Å². The minimum Gasteiger partial charge on any atom is -0.490 e. The first kappa shape index (κ1) is 23.0. The highest BCUT2D eigenvalue weighted by atomic mass is 16.5. The molecule has 1 aromatic rings. The maximum atomic E-state index is 12.8. The van der Waals surface area contributed by atoms with Gasteiger partial charge in [0.2, 0.25) is 0 Å². The van der Waals surface area contributed by atoms with Gasteiger partial charge in [0.15, 0.2) is 0 Å². The summed E-state index contributed by atoms with van der Waals surface area (Å²) in [5.74, 6) is -0.284. The molecule has 0 bridgehead atoms. The molecular weight excluding hydrogens is 346 g/mol. The predicted molar refractivity (Wildman–Crippen MR) is 106 cm³/mol. The summed E-state index contributed by atoms with van der Waals surface area (Å²) in [5.41, 5.74) is -0.126. The van der Waals surface area contributed by atoms with E-state index in [9.17, 15) is 9.59 Å². The fourth-order valence-electron chi connectivity index (χ4n) is 2.65. The summed E-state index contributed by atoms with van der Waals surface area (Å²) in [6, 6.07) is 4.97. The van der Waals surface area contributed by atoms with Crippen LogP contribution in [0.3, 0.4) is 0 Å². The first-order valence-electron chi connectivity index (χ1n) is 9.70. The van der Waals surface area contributed by atoms with Gasteiger partial charge in [-0.2, -0.15) is 0 Å². The summed E-state index contributed by atoms with van der Waals surface area (Å²) < 4.78 is 16.6. The van der Waals surface area contributed by atoms with E-state index in [0.29, 0.717) is 24.5 Å². The Morgan fingerprint density at radius 3 is 2.41 bits per heavy atom. The third kappa shape index (κ3) is 6.86. The van der Waals surface area contributed by atoms with E-state index in [4.69, 9.17) is 14.2 Å². The summed E-state index contributed by atoms with van der Waals surface area (Å²) in [7, 11) is 0. The number of rotatable bonds is 11. The van der Waals surface area contributed by atoms with Crippen LogP contribution in [0.2, 0.25) is 0 Å². The van der Waals surface area contributed by atoms with Gasteiger partial charge in [0.1, 0.15) is 16.9 Å². The summed E-state index contributed by atoms with van der Waals surface area (Å²) in [5, 5.41) is 2.87. The predicted octanol–water partition coefficient (Wildman–Crippen LogP) is 4.57. The van der Waals surface area contributed by atoms with E-state index in [1.165, 1.54) is 0 Å². The molecule has 0 spiro atoms. The van der Waals surface area contributed by atoms with Crippen LogP contribution in [0.15, 0.2) is 18.2 Å². The van der Waals surface area contributed by atoms with Crippen LogP contribution in [0.4, 0.5) is 5.69 Å². The second-order valence-corrected chi connectivity index (χ2v) is 6.88. The molecule has 1 atom stereocenters. The molecule has 0 aliphatic heterocycles. The summed E-state index contributed by atoms with van der Waals surface area (Å²) in [6.45, 7) is 12.1. The quantitative estimate of drug-likeness (QED) is 0.570. The number of hydrogen-bond acceptors (Lipinski definition) is 5. The van der Waals surface area contributed by atoms with E-state index in [0.717, 1.165) is 12.8 Å². The topological polar surface area (TPSA) is 73.9 Å². The number of carbonyl (C=O) groups excluding carboxylic acids is 2. The number of esters is 1. The number of ether oxygens (including phenoxy) is 3. The number of benzene rings is 1. The Morgan fingerprint density at radius 2 is 1.85 bits per heavy atom. The Morgan fingerprint density at radius 1 is 1.15 bits per heavy atom. The van der Waals surface area contributed by atoms with Crippen LogP contribution >= 0.6 is 0 Å². The first-order valence-corrected chi connectivity index (χ1v) is 9.70. The molecule has 0 aliphatic rings. The van der Waals surface area contributed by atoms with E-state index < -0.39 is 11.6 Å². The van der Waals surface area contributed by atoms with Crippen molar-refractivity contribution >= 4 is 17.6 Å². The third-order valence-electron chi connectivity index (χ3n) is 3.93. The van der Waals surface area contributed by atoms with Gasteiger partial charge >= 0.3 is 5.97 Å². The molecule has 0 fully saturated rings. The molecule has 1 rings (SSSR count). The molecule has 27 heavy (non-hydrogen) atoms. The highest BCUT2D eigenvalue weighted by Gasteiger charge is 2.33. The molecule has 0 saturated carbocycles. The summed E-state index contributed by atoms with van der Waals surface area (Å²) in [6.07, 6.45) is 2.18. The van der Waals surface area contributed by atoms with Gasteiger partial charge in [0.05, 0.1) is 12.7 Å². The lowest BCUT2D eigenvalue weighted by molar-refractivity contribution is -0.140. The smallest absolute Gasteiger partial charge is 0.341 e. The van der Waals surface area contributed by atoms with Gasteiger partial charge in [-0.05, 0) is 58.7 Å². The molecule has 152 valence electrons. The molecule has 6 nitrogen and oxygen atoms in total. The molecule has 1 N–H and O–H groups in total. The molecule has 0 aliphatic carbocycles. The van der Waals surface area contributed by atoms with Gasteiger partial charge in [-0.15, -0.1) is 0 Å². The molecule has 0 saturated heterocycles. The lowest BCUT2D eigenvalue weighted by Crippen LogP contribution is -2.43. The zero-order valence-electron chi connectivity index (χ0n) is 17.4. The normalized spacial score (nSPS) is 13.1. The molecule has 0 radical (unpaired) electrons. The van der Waals surface area contributed by atoms with Crippen molar-refractivity contribution in [1.82, 2.24) is 0 Å². The van der Waals surface area contributed by atoms with Crippen molar-refractivity contribution in [3.8, 4) is 5.75 Å². The molecule has 6 heteroatoms. The number of hydrogen-bond donors (Lipinski definition) is 1. The average molecular weight is 379 g/mol. The molecular formula is C21H33NO5. The molecule has 1 amide bonds.